The van der Waals surface area contributed by atoms with Gasteiger partial charge in [0.2, 0.25) is 0 Å². The van der Waals surface area contributed by atoms with Crippen LogP contribution in [0, 0.1) is 0 Å². The van der Waals surface area contributed by atoms with Gasteiger partial charge < -0.3 is 4.90 Å². The Balaban J connectivity index is 1.86. The lowest BCUT2D eigenvalue weighted by Crippen LogP contribution is -2.26. The number of thiophene rings is 1. The maximum Gasteiger partial charge on any atom is 0.134 e. The van der Waals surface area contributed by atoms with Crippen molar-refractivity contribution in [3.63, 3.8) is 0 Å². The van der Waals surface area contributed by atoms with E-state index < -0.39 is 0 Å². The molecule has 1 aliphatic rings. The normalized spacial score (nSPS) is 14.5. The van der Waals surface area contributed by atoms with Crippen LogP contribution in [0.3, 0.4) is 0 Å². The molecule has 1 aliphatic carbocycles. The Hall–Kier alpha value is -1.13. The zero-order chi connectivity index (χ0) is 13.9. The molecule has 1 saturated carbocycles. The number of hydrogen-bond acceptors (Lipinski definition) is 4. The second kappa shape index (κ2) is 6.10. The van der Waals surface area contributed by atoms with E-state index in [9.17, 15) is 0 Å². The fourth-order valence-corrected chi connectivity index (χ4v) is 3.19. The van der Waals surface area contributed by atoms with Crippen molar-refractivity contribution in [2.75, 3.05) is 4.90 Å². The topological polar surface area (TPSA) is 29.0 Å². The lowest BCUT2D eigenvalue weighted by Gasteiger charge is -2.23. The average molecular weight is 308 g/mol. The smallest absolute Gasteiger partial charge is 0.134 e. The number of anilines is 1. The van der Waals surface area contributed by atoms with Crippen LogP contribution in [0.1, 0.15) is 36.9 Å². The number of hydrogen-bond donors (Lipinski definition) is 0. The van der Waals surface area contributed by atoms with Crippen LogP contribution in [0.2, 0.25) is 5.15 Å². The highest BCUT2D eigenvalue weighted by Crippen LogP contribution is 2.33. The van der Waals surface area contributed by atoms with Crippen LogP contribution in [-0.2, 0) is 13.0 Å². The van der Waals surface area contributed by atoms with Crippen molar-refractivity contribution >= 4 is 28.8 Å². The van der Waals surface area contributed by atoms with Crippen molar-refractivity contribution in [2.45, 2.75) is 45.2 Å². The first-order valence-electron chi connectivity index (χ1n) is 7.08. The Labute approximate surface area is 128 Å². The highest BCUT2D eigenvalue weighted by Gasteiger charge is 2.30. The molecule has 0 saturated heterocycles. The molecule has 2 aromatic heterocycles. The van der Waals surface area contributed by atoms with Crippen molar-refractivity contribution in [1.29, 1.82) is 0 Å². The Morgan fingerprint density at radius 3 is 2.90 bits per heavy atom. The minimum atomic E-state index is 0.551. The van der Waals surface area contributed by atoms with E-state index in [4.69, 9.17) is 16.6 Å². The van der Waals surface area contributed by atoms with Crippen molar-refractivity contribution in [1.82, 2.24) is 9.97 Å². The molecule has 5 heteroatoms. The number of aryl methyl sites for hydroxylation is 1. The van der Waals surface area contributed by atoms with Crippen LogP contribution in [0.5, 0.6) is 0 Å². The number of halogens is 1. The molecule has 0 amide bonds. The van der Waals surface area contributed by atoms with Gasteiger partial charge in [0.1, 0.15) is 16.8 Å². The average Bonchev–Trinajstić information content (AvgIpc) is 3.12. The third-order valence-electron chi connectivity index (χ3n) is 3.39. The fraction of sp³-hybridized carbons (Fsp3) is 0.467. The number of aromatic nitrogens is 2. The summed E-state index contributed by atoms with van der Waals surface area (Å²) in [6.07, 6.45) is 4.41. The standard InChI is InChI=1S/C15H18ClN3S/c1-2-4-14-17-13(16)9-15(18-14)19(11-6-7-11)10-12-5-3-8-20-12/h3,5,8-9,11H,2,4,6-7,10H2,1H3. The van der Waals surface area contributed by atoms with Gasteiger partial charge in [-0.25, -0.2) is 9.97 Å². The van der Waals surface area contributed by atoms with E-state index in [1.165, 1.54) is 17.7 Å². The maximum atomic E-state index is 6.16. The van der Waals surface area contributed by atoms with Crippen LogP contribution in [0.25, 0.3) is 0 Å². The molecular weight excluding hydrogens is 290 g/mol. The molecule has 3 rings (SSSR count). The third-order valence-corrected chi connectivity index (χ3v) is 4.44. The zero-order valence-corrected chi connectivity index (χ0v) is 13.1. The van der Waals surface area contributed by atoms with Crippen LogP contribution < -0.4 is 4.90 Å². The SMILES string of the molecule is CCCc1nc(Cl)cc(N(Cc2cccs2)C2CC2)n1. The van der Waals surface area contributed by atoms with Gasteiger partial charge in [0.25, 0.3) is 0 Å². The summed E-state index contributed by atoms with van der Waals surface area (Å²) < 4.78 is 0. The van der Waals surface area contributed by atoms with E-state index in [-0.39, 0.29) is 0 Å². The quantitative estimate of drug-likeness (QED) is 0.745. The number of rotatable bonds is 6. The lowest BCUT2D eigenvalue weighted by molar-refractivity contribution is 0.762. The summed E-state index contributed by atoms with van der Waals surface area (Å²) in [6.45, 7) is 3.05. The molecule has 0 unspecified atom stereocenters. The minimum absolute atomic E-state index is 0.551. The van der Waals surface area contributed by atoms with Crippen molar-refractivity contribution in [3.8, 4) is 0 Å². The van der Waals surface area contributed by atoms with Crippen LogP contribution in [0.15, 0.2) is 23.6 Å². The van der Waals surface area contributed by atoms with Crippen LogP contribution in [0.4, 0.5) is 5.82 Å². The van der Waals surface area contributed by atoms with Crippen molar-refractivity contribution in [2.24, 2.45) is 0 Å². The van der Waals surface area contributed by atoms with E-state index in [1.807, 2.05) is 6.07 Å². The second-order valence-electron chi connectivity index (χ2n) is 5.15. The molecule has 0 spiro atoms. The van der Waals surface area contributed by atoms with E-state index in [2.05, 4.69) is 34.3 Å². The first-order valence-corrected chi connectivity index (χ1v) is 8.34. The monoisotopic (exact) mass is 307 g/mol. The predicted molar refractivity (Wildman–Crippen MR) is 84.6 cm³/mol. The highest BCUT2D eigenvalue weighted by molar-refractivity contribution is 7.09. The van der Waals surface area contributed by atoms with Crippen molar-refractivity contribution in [3.05, 3.63) is 39.4 Å². The summed E-state index contributed by atoms with van der Waals surface area (Å²) in [5, 5.41) is 2.67. The molecule has 0 N–H and O–H groups in total. The lowest BCUT2D eigenvalue weighted by atomic mass is 10.3. The third kappa shape index (κ3) is 3.30. The first kappa shape index (κ1) is 13.8. The molecule has 20 heavy (non-hydrogen) atoms. The molecule has 106 valence electrons. The zero-order valence-electron chi connectivity index (χ0n) is 11.6. The van der Waals surface area contributed by atoms with Gasteiger partial charge in [-0.1, -0.05) is 24.6 Å². The van der Waals surface area contributed by atoms with Gasteiger partial charge in [-0.15, -0.1) is 11.3 Å². The largest absolute Gasteiger partial charge is 0.348 e. The second-order valence-corrected chi connectivity index (χ2v) is 6.57. The summed E-state index contributed by atoms with van der Waals surface area (Å²) >= 11 is 7.95. The summed E-state index contributed by atoms with van der Waals surface area (Å²) in [5.41, 5.74) is 0. The van der Waals surface area contributed by atoms with Crippen LogP contribution in [-0.4, -0.2) is 16.0 Å². The van der Waals surface area contributed by atoms with E-state index in [1.54, 1.807) is 11.3 Å². The summed E-state index contributed by atoms with van der Waals surface area (Å²) in [4.78, 5) is 12.8. The van der Waals surface area contributed by atoms with Gasteiger partial charge >= 0.3 is 0 Å². The Bertz CT molecular complexity index is 567. The molecule has 0 atom stereocenters. The van der Waals surface area contributed by atoms with Crippen molar-refractivity contribution < 1.29 is 0 Å². The summed E-state index contributed by atoms with van der Waals surface area (Å²) in [6, 6.07) is 6.78. The van der Waals surface area contributed by atoms with E-state index in [0.29, 0.717) is 11.2 Å². The van der Waals surface area contributed by atoms with Gasteiger partial charge in [-0.3, -0.25) is 0 Å². The van der Waals surface area contributed by atoms with E-state index >= 15 is 0 Å². The molecule has 0 aliphatic heterocycles. The summed E-state index contributed by atoms with van der Waals surface area (Å²) in [7, 11) is 0. The molecule has 1 fully saturated rings. The Morgan fingerprint density at radius 1 is 1.40 bits per heavy atom. The summed E-state index contributed by atoms with van der Waals surface area (Å²) in [5.74, 6) is 1.83. The Kier molecular flexibility index (Phi) is 4.22. The van der Waals surface area contributed by atoms with Gasteiger partial charge in [-0.05, 0) is 30.7 Å². The highest BCUT2D eigenvalue weighted by atomic mass is 35.5. The van der Waals surface area contributed by atoms with Gasteiger partial charge in [0.05, 0.1) is 6.54 Å². The molecule has 2 aromatic rings. The minimum Gasteiger partial charge on any atom is -0.348 e. The van der Waals surface area contributed by atoms with Gasteiger partial charge in [0, 0.05) is 23.4 Å². The van der Waals surface area contributed by atoms with Gasteiger partial charge in [0.15, 0.2) is 0 Å². The molecule has 3 nitrogen and oxygen atoms in total. The van der Waals surface area contributed by atoms with Crippen LogP contribution >= 0.6 is 22.9 Å². The molecule has 0 radical (unpaired) electrons. The maximum absolute atomic E-state index is 6.16. The van der Waals surface area contributed by atoms with E-state index in [0.717, 1.165) is 31.0 Å². The fourth-order valence-electron chi connectivity index (χ4n) is 2.29. The molecule has 2 heterocycles. The molecular formula is C15H18ClN3S. The molecule has 0 aromatic carbocycles. The van der Waals surface area contributed by atoms with Gasteiger partial charge in [-0.2, -0.15) is 0 Å². The Morgan fingerprint density at radius 2 is 2.25 bits per heavy atom. The first-order chi connectivity index (χ1) is 9.76. The molecule has 0 bridgehead atoms. The predicted octanol–water partition coefficient (Wildman–Crippen LogP) is 4.31. The number of nitrogens with zero attached hydrogens (tertiary/aromatic N) is 3.